The lowest BCUT2D eigenvalue weighted by molar-refractivity contribution is 0.0705. The predicted molar refractivity (Wildman–Crippen MR) is 129 cm³/mol. The van der Waals surface area contributed by atoms with Crippen LogP contribution < -0.4 is 5.32 Å². The Morgan fingerprint density at radius 3 is 2.70 bits per heavy atom. The Bertz CT molecular complexity index is 1100. The van der Waals surface area contributed by atoms with Gasteiger partial charge in [-0.15, -0.1) is 0 Å². The van der Waals surface area contributed by atoms with Crippen LogP contribution in [0.1, 0.15) is 77.6 Å². The van der Waals surface area contributed by atoms with E-state index >= 15 is 0 Å². The van der Waals surface area contributed by atoms with E-state index in [1.54, 1.807) is 6.20 Å². The van der Waals surface area contributed by atoms with Crippen LogP contribution in [0.2, 0.25) is 0 Å². The molecule has 2 N–H and O–H groups in total. The molecule has 0 bridgehead atoms. The van der Waals surface area contributed by atoms with Crippen LogP contribution in [-0.2, 0) is 12.8 Å². The molecule has 2 aliphatic rings. The summed E-state index contributed by atoms with van der Waals surface area (Å²) in [4.78, 5) is 24.4. The molecular weight excluding hydrogens is 412 g/mol. The second kappa shape index (κ2) is 9.73. The van der Waals surface area contributed by atoms with E-state index in [0.29, 0.717) is 11.6 Å². The molecule has 0 unspecified atom stereocenters. The topological polar surface area (TPSA) is 86.8 Å². The van der Waals surface area contributed by atoms with Crippen molar-refractivity contribution in [3.8, 4) is 0 Å². The number of hydrogen-bond donors (Lipinski definition) is 2. The summed E-state index contributed by atoms with van der Waals surface area (Å²) in [6.45, 7) is 3.50. The van der Waals surface area contributed by atoms with Crippen LogP contribution in [0.5, 0.6) is 0 Å². The first-order chi connectivity index (χ1) is 16.2. The van der Waals surface area contributed by atoms with Crippen LogP contribution in [0, 0.1) is 6.92 Å². The quantitative estimate of drug-likeness (QED) is 0.596. The van der Waals surface area contributed by atoms with Gasteiger partial charge in [0, 0.05) is 53.5 Å². The lowest BCUT2D eigenvalue weighted by Crippen LogP contribution is -2.38. The molecule has 172 valence electrons. The molecule has 0 radical (unpaired) electrons. The number of hydrogen-bond acceptors (Lipinski definition) is 5. The van der Waals surface area contributed by atoms with Gasteiger partial charge in [-0.2, -0.15) is 5.10 Å². The highest BCUT2D eigenvalue weighted by Crippen LogP contribution is 2.31. The van der Waals surface area contributed by atoms with Crippen molar-refractivity contribution in [2.45, 2.75) is 64.2 Å². The number of likely N-dealkylation sites (tertiary alicyclic amines) is 1. The third-order valence-corrected chi connectivity index (χ3v) is 6.87. The van der Waals surface area contributed by atoms with Crippen LogP contribution in [0.3, 0.4) is 0 Å². The van der Waals surface area contributed by atoms with Gasteiger partial charge < -0.3 is 10.2 Å². The molecule has 1 aliphatic heterocycles. The Hall–Kier alpha value is -3.22. The number of fused-ring (bicyclic) bond motifs is 1. The number of anilines is 2. The molecule has 4 heterocycles. The van der Waals surface area contributed by atoms with Crippen LogP contribution in [0.25, 0.3) is 0 Å². The van der Waals surface area contributed by atoms with Crippen molar-refractivity contribution < 1.29 is 4.79 Å². The van der Waals surface area contributed by atoms with Gasteiger partial charge in [0.15, 0.2) is 5.69 Å². The number of amides is 1. The third kappa shape index (κ3) is 4.92. The molecule has 7 nitrogen and oxygen atoms in total. The Kier molecular flexibility index (Phi) is 6.37. The van der Waals surface area contributed by atoms with Crippen LogP contribution in [-0.4, -0.2) is 44.1 Å². The maximum Gasteiger partial charge on any atom is 0.274 e. The van der Waals surface area contributed by atoms with Gasteiger partial charge in [-0.05, 0) is 69.7 Å². The second-order valence-electron chi connectivity index (χ2n) is 9.27. The van der Waals surface area contributed by atoms with Gasteiger partial charge in [0.05, 0.1) is 0 Å². The fraction of sp³-hybridized carbons (Fsp3) is 0.462. The number of aryl methyl sites for hydroxylation is 2. The smallest absolute Gasteiger partial charge is 0.274 e. The van der Waals surface area contributed by atoms with Crippen LogP contribution >= 0.6 is 0 Å². The van der Waals surface area contributed by atoms with Crippen molar-refractivity contribution in [1.82, 2.24) is 25.1 Å². The molecule has 3 aromatic heterocycles. The van der Waals surface area contributed by atoms with Crippen molar-refractivity contribution in [2.24, 2.45) is 0 Å². The summed E-state index contributed by atoms with van der Waals surface area (Å²) >= 11 is 0. The maximum absolute atomic E-state index is 13.3. The van der Waals surface area contributed by atoms with E-state index in [9.17, 15) is 4.79 Å². The van der Waals surface area contributed by atoms with E-state index in [4.69, 9.17) is 4.98 Å². The van der Waals surface area contributed by atoms with Crippen molar-refractivity contribution in [3.05, 3.63) is 64.9 Å². The highest BCUT2D eigenvalue weighted by molar-refractivity contribution is 5.94. The Morgan fingerprint density at radius 2 is 1.91 bits per heavy atom. The number of carbonyl (C=O) groups excluding carboxylic acids is 1. The van der Waals surface area contributed by atoms with E-state index in [-0.39, 0.29) is 5.91 Å². The number of carbonyl (C=O) groups is 1. The summed E-state index contributed by atoms with van der Waals surface area (Å²) in [5, 5.41) is 11.0. The average molecular weight is 445 g/mol. The summed E-state index contributed by atoms with van der Waals surface area (Å²) < 4.78 is 0. The fourth-order valence-corrected chi connectivity index (χ4v) is 5.10. The number of H-pyrrole nitrogens is 1. The summed E-state index contributed by atoms with van der Waals surface area (Å²) in [5.41, 5.74) is 6.06. The lowest BCUT2D eigenvalue weighted by atomic mass is 9.92. The molecule has 1 fully saturated rings. The first-order valence-corrected chi connectivity index (χ1v) is 12.2. The molecule has 0 saturated carbocycles. The Labute approximate surface area is 195 Å². The van der Waals surface area contributed by atoms with Gasteiger partial charge in [-0.25, -0.2) is 4.98 Å². The standard InChI is InChI=1S/C26H32N6O/c1-18-16-20(29-24-10-6-7-13-27-24)17-23(28-18)19-11-14-32(15-12-19)26(33)25-21-8-4-2-3-5-9-22(21)30-31-25/h6-7,10,13,16-17,19H,2-5,8-9,11-12,14-15H2,1H3,(H,30,31)(H,27,28,29). The maximum atomic E-state index is 13.3. The molecule has 33 heavy (non-hydrogen) atoms. The highest BCUT2D eigenvalue weighted by Gasteiger charge is 2.29. The van der Waals surface area contributed by atoms with Crippen molar-refractivity contribution in [2.75, 3.05) is 18.4 Å². The van der Waals surface area contributed by atoms with Gasteiger partial charge in [0.1, 0.15) is 5.82 Å². The number of aromatic amines is 1. The van der Waals surface area contributed by atoms with Gasteiger partial charge in [-0.1, -0.05) is 18.9 Å². The monoisotopic (exact) mass is 444 g/mol. The normalized spacial score (nSPS) is 17.2. The third-order valence-electron chi connectivity index (χ3n) is 6.87. The van der Waals surface area contributed by atoms with Crippen molar-refractivity contribution in [1.29, 1.82) is 0 Å². The molecule has 7 heteroatoms. The lowest BCUT2D eigenvalue weighted by Gasteiger charge is -2.32. The Morgan fingerprint density at radius 1 is 1.09 bits per heavy atom. The van der Waals surface area contributed by atoms with Crippen molar-refractivity contribution in [3.63, 3.8) is 0 Å². The van der Waals surface area contributed by atoms with Gasteiger partial charge in [-0.3, -0.25) is 14.9 Å². The van der Waals surface area contributed by atoms with Gasteiger partial charge in [0.2, 0.25) is 0 Å². The fourth-order valence-electron chi connectivity index (χ4n) is 5.10. The Balaban J connectivity index is 1.25. The largest absolute Gasteiger partial charge is 0.340 e. The van der Waals surface area contributed by atoms with E-state index in [1.165, 1.54) is 25.0 Å². The van der Waals surface area contributed by atoms with Crippen LogP contribution in [0.4, 0.5) is 11.5 Å². The number of rotatable bonds is 4. The predicted octanol–water partition coefficient (Wildman–Crippen LogP) is 4.93. The molecule has 3 aromatic rings. The van der Waals surface area contributed by atoms with Crippen LogP contribution in [0.15, 0.2) is 36.5 Å². The zero-order valence-corrected chi connectivity index (χ0v) is 19.3. The molecule has 0 atom stereocenters. The number of aromatic nitrogens is 4. The first kappa shape index (κ1) is 21.6. The van der Waals surface area contributed by atoms with Gasteiger partial charge >= 0.3 is 0 Å². The van der Waals surface area contributed by atoms with E-state index in [2.05, 4.69) is 26.6 Å². The van der Waals surface area contributed by atoms with E-state index < -0.39 is 0 Å². The summed E-state index contributed by atoms with van der Waals surface area (Å²) in [7, 11) is 0. The summed E-state index contributed by atoms with van der Waals surface area (Å²) in [6, 6.07) is 10.0. The molecule has 1 saturated heterocycles. The number of nitrogens with one attached hydrogen (secondary N) is 2. The zero-order valence-electron chi connectivity index (χ0n) is 19.3. The number of piperidine rings is 1. The minimum absolute atomic E-state index is 0.0845. The number of nitrogens with zero attached hydrogens (tertiary/aromatic N) is 4. The molecule has 5 rings (SSSR count). The first-order valence-electron chi connectivity index (χ1n) is 12.2. The average Bonchev–Trinajstić information content (AvgIpc) is 3.20. The second-order valence-corrected chi connectivity index (χ2v) is 9.27. The highest BCUT2D eigenvalue weighted by atomic mass is 16.2. The van der Waals surface area contributed by atoms with Crippen molar-refractivity contribution >= 4 is 17.4 Å². The van der Waals surface area contributed by atoms with Gasteiger partial charge in [0.25, 0.3) is 5.91 Å². The molecule has 1 amide bonds. The molecule has 1 aliphatic carbocycles. The van der Waals surface area contributed by atoms with E-state index in [0.717, 1.165) is 73.7 Å². The molecule has 0 aromatic carbocycles. The minimum atomic E-state index is 0.0845. The molecular formula is C26H32N6O. The summed E-state index contributed by atoms with van der Waals surface area (Å²) in [6.07, 6.45) is 10.4. The molecule has 0 spiro atoms. The van der Waals surface area contributed by atoms with E-state index in [1.807, 2.05) is 36.1 Å². The zero-order chi connectivity index (χ0) is 22.6. The SMILES string of the molecule is Cc1cc(Nc2ccccn2)cc(C2CCN(C(=O)c3n[nH]c4c3CCCCCC4)CC2)n1. The number of pyridine rings is 2. The summed E-state index contributed by atoms with van der Waals surface area (Å²) in [5.74, 6) is 1.25. The minimum Gasteiger partial charge on any atom is -0.340 e.